The van der Waals surface area contributed by atoms with Gasteiger partial charge in [0, 0.05) is 35.1 Å². The van der Waals surface area contributed by atoms with Crippen molar-refractivity contribution in [3.05, 3.63) is 41.3 Å². The molecule has 2 heterocycles. The molecule has 0 saturated carbocycles. The molecule has 0 radical (unpaired) electrons. The molecule has 4 nitrogen and oxygen atoms in total. The van der Waals surface area contributed by atoms with E-state index >= 15 is 0 Å². The second-order valence-electron chi connectivity index (χ2n) is 3.69. The monoisotopic (exact) mass is 290 g/mol. The first-order valence-corrected chi connectivity index (χ1v) is 7.00. The van der Waals surface area contributed by atoms with Crippen LogP contribution in [0.5, 0.6) is 0 Å². The van der Waals surface area contributed by atoms with E-state index in [-0.39, 0.29) is 5.82 Å². The second-order valence-corrected chi connectivity index (χ2v) is 5.64. The van der Waals surface area contributed by atoms with E-state index in [1.807, 2.05) is 11.4 Å². The molecule has 94 valence electrons. The van der Waals surface area contributed by atoms with Crippen molar-refractivity contribution in [1.82, 2.24) is 9.97 Å². The van der Waals surface area contributed by atoms with Gasteiger partial charge in [-0.3, -0.25) is 0 Å². The molecule has 1 aromatic carbocycles. The number of rotatable bonds is 3. The molecule has 0 fully saturated rings. The Balaban J connectivity index is 1.99. The van der Waals surface area contributed by atoms with E-state index in [0.29, 0.717) is 22.2 Å². The summed E-state index contributed by atoms with van der Waals surface area (Å²) in [6.45, 7) is 0. The molecule has 2 N–H and O–H groups in total. The zero-order chi connectivity index (χ0) is 13.2. The van der Waals surface area contributed by atoms with Crippen molar-refractivity contribution in [2.24, 2.45) is 0 Å². The first-order valence-electron chi connectivity index (χ1n) is 5.31. The molecule has 0 atom stereocenters. The largest absolute Gasteiger partial charge is 0.358 e. The van der Waals surface area contributed by atoms with Gasteiger partial charge in [-0.15, -0.1) is 11.3 Å². The zero-order valence-corrected chi connectivity index (χ0v) is 11.1. The summed E-state index contributed by atoms with van der Waals surface area (Å²) in [5, 5.41) is 11.4. The third kappa shape index (κ3) is 2.28. The Hall–Kier alpha value is -2.04. The molecule has 7 heteroatoms. The molecule has 0 aliphatic heterocycles. The number of fused-ring (bicyclic) bond motifs is 1. The van der Waals surface area contributed by atoms with Crippen molar-refractivity contribution < 1.29 is 4.39 Å². The van der Waals surface area contributed by atoms with Gasteiger partial charge in [0.25, 0.3) is 0 Å². The number of hydrogen-bond donors (Lipinski definition) is 2. The van der Waals surface area contributed by atoms with Crippen molar-refractivity contribution in [2.75, 3.05) is 4.72 Å². The smallest absolute Gasteiger partial charge is 0.170 e. The highest BCUT2D eigenvalue weighted by atomic mass is 32.2. The SMILES string of the molecule is N#Cc1c[nH]c2c(NSc3nccs3)cc(F)cc12. The Kier molecular flexibility index (Phi) is 3.11. The third-order valence-corrected chi connectivity index (χ3v) is 4.24. The molecule has 0 aliphatic carbocycles. The topological polar surface area (TPSA) is 64.5 Å². The van der Waals surface area contributed by atoms with Gasteiger partial charge in [0.1, 0.15) is 11.9 Å². The van der Waals surface area contributed by atoms with Crippen LogP contribution in [0.15, 0.2) is 34.2 Å². The van der Waals surface area contributed by atoms with Crippen molar-refractivity contribution in [1.29, 1.82) is 5.26 Å². The standard InChI is InChI=1S/C12H7FN4S2/c13-8-3-9-7(5-14)6-16-11(9)10(4-8)17-19-12-15-1-2-18-12/h1-4,6,16-17H. The summed E-state index contributed by atoms with van der Waals surface area (Å²) in [6.07, 6.45) is 3.28. The van der Waals surface area contributed by atoms with Crippen LogP contribution >= 0.6 is 23.3 Å². The van der Waals surface area contributed by atoms with E-state index in [9.17, 15) is 4.39 Å². The van der Waals surface area contributed by atoms with Gasteiger partial charge in [-0.25, -0.2) is 9.37 Å². The van der Waals surface area contributed by atoms with Crippen molar-refractivity contribution in [3.8, 4) is 6.07 Å². The first kappa shape index (κ1) is 12.0. The van der Waals surface area contributed by atoms with Crippen molar-refractivity contribution in [3.63, 3.8) is 0 Å². The van der Waals surface area contributed by atoms with Gasteiger partial charge in [0.15, 0.2) is 4.34 Å². The van der Waals surface area contributed by atoms with E-state index in [1.54, 1.807) is 12.4 Å². The van der Waals surface area contributed by atoms with E-state index in [1.165, 1.54) is 35.4 Å². The maximum Gasteiger partial charge on any atom is 0.170 e. The molecule has 0 bridgehead atoms. The van der Waals surface area contributed by atoms with Crippen LogP contribution in [0.25, 0.3) is 10.9 Å². The van der Waals surface area contributed by atoms with E-state index in [0.717, 1.165) is 4.34 Å². The van der Waals surface area contributed by atoms with Crippen LogP contribution in [-0.2, 0) is 0 Å². The fraction of sp³-hybridized carbons (Fsp3) is 0. The van der Waals surface area contributed by atoms with Crippen LogP contribution in [0.1, 0.15) is 5.56 Å². The minimum atomic E-state index is -0.383. The number of thiazole rings is 1. The second kappa shape index (κ2) is 4.91. The van der Waals surface area contributed by atoms with Crippen LogP contribution in [0.2, 0.25) is 0 Å². The fourth-order valence-electron chi connectivity index (χ4n) is 1.73. The summed E-state index contributed by atoms with van der Waals surface area (Å²) < 4.78 is 17.5. The quantitative estimate of drug-likeness (QED) is 0.721. The van der Waals surface area contributed by atoms with Gasteiger partial charge in [-0.05, 0) is 12.1 Å². The highest BCUT2D eigenvalue weighted by Gasteiger charge is 2.10. The summed E-state index contributed by atoms with van der Waals surface area (Å²) in [6, 6.07) is 4.77. The molecule has 3 aromatic rings. The number of H-pyrrole nitrogens is 1. The lowest BCUT2D eigenvalue weighted by molar-refractivity contribution is 0.630. The molecule has 0 amide bonds. The van der Waals surface area contributed by atoms with Gasteiger partial charge in [-0.1, -0.05) is 0 Å². The highest BCUT2D eigenvalue weighted by molar-refractivity contribution is 8.02. The maximum absolute atomic E-state index is 13.6. The molecular formula is C12H7FN4S2. The number of nitrogens with one attached hydrogen (secondary N) is 2. The Morgan fingerprint density at radius 2 is 2.37 bits per heavy atom. The number of benzene rings is 1. The summed E-state index contributed by atoms with van der Waals surface area (Å²) in [7, 11) is 0. The average Bonchev–Trinajstić information content (AvgIpc) is 3.04. The molecule has 0 spiro atoms. The van der Waals surface area contributed by atoms with Crippen LogP contribution in [0, 0.1) is 17.1 Å². The van der Waals surface area contributed by atoms with Gasteiger partial charge >= 0.3 is 0 Å². The van der Waals surface area contributed by atoms with E-state index in [2.05, 4.69) is 14.7 Å². The van der Waals surface area contributed by atoms with Gasteiger partial charge in [0.05, 0.1) is 16.8 Å². The van der Waals surface area contributed by atoms with Crippen LogP contribution in [-0.4, -0.2) is 9.97 Å². The summed E-state index contributed by atoms with van der Waals surface area (Å²) >= 11 is 2.80. The highest BCUT2D eigenvalue weighted by Crippen LogP contribution is 2.30. The zero-order valence-electron chi connectivity index (χ0n) is 9.48. The predicted molar refractivity (Wildman–Crippen MR) is 74.6 cm³/mol. The van der Waals surface area contributed by atoms with Crippen LogP contribution < -0.4 is 4.72 Å². The number of nitrogens with zero attached hydrogens (tertiary/aromatic N) is 2. The Bertz CT molecular complexity index is 758. The molecule has 2 aromatic heterocycles. The van der Waals surface area contributed by atoms with E-state index in [4.69, 9.17) is 5.26 Å². The van der Waals surface area contributed by atoms with Gasteiger partial charge < -0.3 is 9.71 Å². The number of nitriles is 1. The molecule has 0 unspecified atom stereocenters. The maximum atomic E-state index is 13.6. The van der Waals surface area contributed by atoms with E-state index < -0.39 is 0 Å². The summed E-state index contributed by atoms with van der Waals surface area (Å²) in [5.41, 5.74) is 1.73. The number of aromatic amines is 1. The fourth-order valence-corrected chi connectivity index (χ4v) is 3.05. The van der Waals surface area contributed by atoms with Gasteiger partial charge in [-0.2, -0.15) is 5.26 Å². The lowest BCUT2D eigenvalue weighted by atomic mass is 10.1. The molecule has 19 heavy (non-hydrogen) atoms. The molecular weight excluding hydrogens is 283 g/mol. The van der Waals surface area contributed by atoms with Crippen LogP contribution in [0.3, 0.4) is 0 Å². The number of halogens is 1. The number of anilines is 1. The lowest BCUT2D eigenvalue weighted by Crippen LogP contribution is -1.89. The van der Waals surface area contributed by atoms with Crippen molar-refractivity contribution >= 4 is 39.9 Å². The van der Waals surface area contributed by atoms with Crippen molar-refractivity contribution in [2.45, 2.75) is 4.34 Å². The molecule has 0 saturated heterocycles. The minimum Gasteiger partial charge on any atom is -0.358 e. The first-order chi connectivity index (χ1) is 9.28. The minimum absolute atomic E-state index is 0.383. The Labute approximate surface area is 116 Å². The van der Waals surface area contributed by atoms with Crippen LogP contribution in [0.4, 0.5) is 10.1 Å². The lowest BCUT2D eigenvalue weighted by Gasteiger charge is -2.05. The predicted octanol–water partition coefficient (Wildman–Crippen LogP) is 3.75. The Morgan fingerprint density at radius 3 is 3.11 bits per heavy atom. The molecule has 0 aliphatic rings. The average molecular weight is 290 g/mol. The summed E-state index contributed by atoms with van der Waals surface area (Å²) in [5.74, 6) is -0.383. The summed E-state index contributed by atoms with van der Waals surface area (Å²) in [4.78, 5) is 7.10. The molecule has 3 rings (SSSR count). The van der Waals surface area contributed by atoms with Gasteiger partial charge in [0.2, 0.25) is 0 Å². The number of hydrogen-bond acceptors (Lipinski definition) is 5. The Morgan fingerprint density at radius 1 is 1.47 bits per heavy atom. The number of aromatic nitrogens is 2. The normalized spacial score (nSPS) is 10.5. The third-order valence-electron chi connectivity index (χ3n) is 2.53.